The summed E-state index contributed by atoms with van der Waals surface area (Å²) in [6.07, 6.45) is 5.27. The van der Waals surface area contributed by atoms with Crippen LogP contribution in [0.25, 0.3) is 5.69 Å². The molecule has 4 nitrogen and oxygen atoms in total. The third-order valence-electron chi connectivity index (χ3n) is 2.06. The van der Waals surface area contributed by atoms with Gasteiger partial charge in [-0.15, -0.1) is 0 Å². The number of anilines is 1. The molecule has 0 atom stereocenters. The van der Waals surface area contributed by atoms with Gasteiger partial charge in [-0.1, -0.05) is 0 Å². The zero-order chi connectivity index (χ0) is 10.7. The molecular weight excluding hydrogens is 195 g/mol. The fourth-order valence-electron chi connectivity index (χ4n) is 1.33. The molecule has 0 amide bonds. The summed E-state index contributed by atoms with van der Waals surface area (Å²) in [6, 6.07) is 3.67. The molecule has 0 fully saturated rings. The van der Waals surface area contributed by atoms with Crippen LogP contribution in [-0.4, -0.2) is 21.4 Å². The highest BCUT2D eigenvalue weighted by Gasteiger charge is 2.06. The lowest BCUT2D eigenvalue weighted by Gasteiger charge is -1.98. The van der Waals surface area contributed by atoms with Gasteiger partial charge >= 0.3 is 0 Å². The first kappa shape index (κ1) is 9.64. The van der Waals surface area contributed by atoms with Crippen molar-refractivity contribution in [3.63, 3.8) is 0 Å². The number of alkyl halides is 1. The molecule has 0 aromatic carbocycles. The smallest absolute Gasteiger partial charge is 0.0951 e. The summed E-state index contributed by atoms with van der Waals surface area (Å²) in [5.41, 5.74) is 7.60. The number of aromatic nitrogens is 3. The predicted molar refractivity (Wildman–Crippen MR) is 55.5 cm³/mol. The first-order valence-corrected chi connectivity index (χ1v) is 4.61. The van der Waals surface area contributed by atoms with E-state index < -0.39 is 6.67 Å². The Bertz CT molecular complexity index is 438. The minimum atomic E-state index is -0.450. The summed E-state index contributed by atoms with van der Waals surface area (Å²) < 4.78 is 13.8. The van der Waals surface area contributed by atoms with Gasteiger partial charge < -0.3 is 5.73 Å². The monoisotopic (exact) mass is 206 g/mol. The average molecular weight is 206 g/mol. The fourth-order valence-corrected chi connectivity index (χ4v) is 1.33. The topological polar surface area (TPSA) is 56.7 Å². The Labute approximate surface area is 86.6 Å². The largest absolute Gasteiger partial charge is 0.396 e. The SMILES string of the molecule is Nc1cn(-c2cccnc2)nc1CCF. The van der Waals surface area contributed by atoms with Crippen LogP contribution in [0, 0.1) is 0 Å². The molecule has 15 heavy (non-hydrogen) atoms. The van der Waals surface area contributed by atoms with Gasteiger partial charge in [-0.05, 0) is 12.1 Å². The van der Waals surface area contributed by atoms with E-state index in [0.29, 0.717) is 11.4 Å². The Morgan fingerprint density at radius 3 is 3.00 bits per heavy atom. The number of aryl methyl sites for hydroxylation is 1. The third-order valence-corrected chi connectivity index (χ3v) is 2.06. The van der Waals surface area contributed by atoms with Crippen molar-refractivity contribution in [2.45, 2.75) is 6.42 Å². The maximum Gasteiger partial charge on any atom is 0.0951 e. The van der Waals surface area contributed by atoms with Crippen LogP contribution in [0.3, 0.4) is 0 Å². The Morgan fingerprint density at radius 1 is 1.47 bits per heavy atom. The van der Waals surface area contributed by atoms with E-state index in [4.69, 9.17) is 5.73 Å². The first-order chi connectivity index (χ1) is 7.31. The molecule has 0 aliphatic rings. The lowest BCUT2D eigenvalue weighted by atomic mass is 10.3. The average Bonchev–Trinajstić information content (AvgIpc) is 2.63. The number of nitrogens with zero attached hydrogens (tertiary/aromatic N) is 3. The summed E-state index contributed by atoms with van der Waals surface area (Å²) in [7, 11) is 0. The summed E-state index contributed by atoms with van der Waals surface area (Å²) in [4.78, 5) is 3.97. The second-order valence-electron chi connectivity index (χ2n) is 3.13. The maximum atomic E-state index is 12.2. The summed E-state index contributed by atoms with van der Waals surface area (Å²) in [5, 5.41) is 4.18. The van der Waals surface area contributed by atoms with Crippen LogP contribution in [0.5, 0.6) is 0 Å². The van der Waals surface area contributed by atoms with E-state index in [0.717, 1.165) is 5.69 Å². The van der Waals surface area contributed by atoms with Crippen molar-refractivity contribution in [1.82, 2.24) is 14.8 Å². The molecule has 2 aromatic rings. The molecule has 2 rings (SSSR count). The minimum absolute atomic E-state index is 0.249. The molecule has 0 aliphatic carbocycles. The minimum Gasteiger partial charge on any atom is -0.396 e. The molecule has 78 valence electrons. The summed E-state index contributed by atoms with van der Waals surface area (Å²) in [5.74, 6) is 0. The van der Waals surface area contributed by atoms with E-state index in [2.05, 4.69) is 10.1 Å². The van der Waals surface area contributed by atoms with Crippen LogP contribution in [-0.2, 0) is 6.42 Å². The molecule has 0 aliphatic heterocycles. The molecule has 5 heteroatoms. The standard InChI is InChI=1S/C10H11FN4/c11-4-3-10-9(12)7-15(14-10)8-2-1-5-13-6-8/h1-2,5-7H,3-4,12H2. The molecule has 2 aromatic heterocycles. The highest BCUT2D eigenvalue weighted by atomic mass is 19.1. The Balaban J connectivity index is 2.34. The van der Waals surface area contributed by atoms with Crippen molar-refractivity contribution < 1.29 is 4.39 Å². The number of halogens is 1. The van der Waals surface area contributed by atoms with E-state index in [-0.39, 0.29) is 6.42 Å². The van der Waals surface area contributed by atoms with Gasteiger partial charge in [0.05, 0.1) is 36.1 Å². The van der Waals surface area contributed by atoms with Crippen LogP contribution in [0.2, 0.25) is 0 Å². The molecular formula is C10H11FN4. The Kier molecular flexibility index (Phi) is 2.62. The summed E-state index contributed by atoms with van der Waals surface area (Å²) in [6.45, 7) is -0.450. The van der Waals surface area contributed by atoms with Gasteiger partial charge in [0.15, 0.2) is 0 Å². The number of nitrogen functional groups attached to an aromatic ring is 1. The number of nitrogens with two attached hydrogens (primary N) is 1. The third kappa shape index (κ3) is 1.96. The van der Waals surface area contributed by atoms with Crippen LogP contribution >= 0.6 is 0 Å². The lowest BCUT2D eigenvalue weighted by molar-refractivity contribution is 0.491. The van der Waals surface area contributed by atoms with Crippen molar-refractivity contribution in [2.24, 2.45) is 0 Å². The quantitative estimate of drug-likeness (QED) is 0.824. The molecule has 0 saturated carbocycles. The highest BCUT2D eigenvalue weighted by molar-refractivity contribution is 5.43. The maximum absolute atomic E-state index is 12.2. The zero-order valence-electron chi connectivity index (χ0n) is 8.10. The second-order valence-corrected chi connectivity index (χ2v) is 3.13. The Hall–Kier alpha value is -1.91. The van der Waals surface area contributed by atoms with Gasteiger partial charge in [0.2, 0.25) is 0 Å². The fraction of sp³-hybridized carbons (Fsp3) is 0.200. The van der Waals surface area contributed by atoms with E-state index in [1.807, 2.05) is 12.1 Å². The highest BCUT2D eigenvalue weighted by Crippen LogP contribution is 2.13. The van der Waals surface area contributed by atoms with Crippen molar-refractivity contribution in [1.29, 1.82) is 0 Å². The van der Waals surface area contributed by atoms with E-state index >= 15 is 0 Å². The molecule has 0 radical (unpaired) electrons. The van der Waals surface area contributed by atoms with Crippen molar-refractivity contribution in [2.75, 3.05) is 12.4 Å². The molecule has 0 unspecified atom stereocenters. The van der Waals surface area contributed by atoms with E-state index in [9.17, 15) is 4.39 Å². The molecule has 2 N–H and O–H groups in total. The van der Waals surface area contributed by atoms with Gasteiger partial charge in [-0.2, -0.15) is 5.10 Å². The van der Waals surface area contributed by atoms with E-state index in [1.54, 1.807) is 23.3 Å². The van der Waals surface area contributed by atoms with Crippen molar-refractivity contribution in [3.05, 3.63) is 36.4 Å². The van der Waals surface area contributed by atoms with Crippen LogP contribution < -0.4 is 5.73 Å². The lowest BCUT2D eigenvalue weighted by Crippen LogP contribution is -1.97. The first-order valence-electron chi connectivity index (χ1n) is 4.61. The summed E-state index contributed by atoms with van der Waals surface area (Å²) >= 11 is 0. The molecule has 0 bridgehead atoms. The van der Waals surface area contributed by atoms with Gasteiger partial charge in [-0.3, -0.25) is 9.37 Å². The van der Waals surface area contributed by atoms with Gasteiger partial charge in [0, 0.05) is 12.6 Å². The normalized spacial score (nSPS) is 10.5. The van der Waals surface area contributed by atoms with Gasteiger partial charge in [0.1, 0.15) is 0 Å². The number of hydrogen-bond donors (Lipinski definition) is 1. The van der Waals surface area contributed by atoms with Gasteiger partial charge in [-0.25, -0.2) is 4.68 Å². The van der Waals surface area contributed by atoms with E-state index in [1.165, 1.54) is 0 Å². The predicted octanol–water partition coefficient (Wildman–Crippen LogP) is 1.36. The van der Waals surface area contributed by atoms with Crippen molar-refractivity contribution in [3.8, 4) is 5.69 Å². The number of rotatable bonds is 3. The molecule has 0 saturated heterocycles. The molecule has 0 spiro atoms. The Morgan fingerprint density at radius 2 is 2.33 bits per heavy atom. The van der Waals surface area contributed by atoms with Crippen molar-refractivity contribution >= 4 is 5.69 Å². The molecule has 2 heterocycles. The van der Waals surface area contributed by atoms with Crippen LogP contribution in [0.15, 0.2) is 30.7 Å². The number of hydrogen-bond acceptors (Lipinski definition) is 3. The van der Waals surface area contributed by atoms with Crippen LogP contribution in [0.4, 0.5) is 10.1 Å². The second kappa shape index (κ2) is 4.08. The van der Waals surface area contributed by atoms with Gasteiger partial charge in [0.25, 0.3) is 0 Å². The number of pyridine rings is 1. The van der Waals surface area contributed by atoms with Crippen LogP contribution in [0.1, 0.15) is 5.69 Å². The zero-order valence-corrected chi connectivity index (χ0v) is 8.10.